The molecule has 1 heterocycles. The van der Waals surface area contributed by atoms with E-state index < -0.39 is 0 Å². The van der Waals surface area contributed by atoms with E-state index in [2.05, 4.69) is 36.1 Å². The number of amides is 1. The SMILES string of the molecule is CCN(CC(=O)N(C)C)c1c(CNC(C)C)c(C)nn1C. The summed E-state index contributed by atoms with van der Waals surface area (Å²) in [5.41, 5.74) is 2.18. The van der Waals surface area contributed by atoms with E-state index in [0.29, 0.717) is 12.6 Å². The molecule has 120 valence electrons. The van der Waals surface area contributed by atoms with Crippen LogP contribution < -0.4 is 10.2 Å². The van der Waals surface area contributed by atoms with Crippen molar-refractivity contribution < 1.29 is 4.79 Å². The molecule has 0 aliphatic heterocycles. The summed E-state index contributed by atoms with van der Waals surface area (Å²) in [6.07, 6.45) is 0. The third-order valence-electron chi connectivity index (χ3n) is 3.51. The second kappa shape index (κ2) is 7.45. The van der Waals surface area contributed by atoms with Gasteiger partial charge in [0, 0.05) is 45.8 Å². The summed E-state index contributed by atoms with van der Waals surface area (Å²) in [6.45, 7) is 10.2. The summed E-state index contributed by atoms with van der Waals surface area (Å²) in [5.74, 6) is 1.12. The first kappa shape index (κ1) is 17.5. The number of aromatic nitrogens is 2. The minimum atomic E-state index is 0.0958. The largest absolute Gasteiger partial charge is 0.348 e. The van der Waals surface area contributed by atoms with Crippen LogP contribution in [0.4, 0.5) is 5.82 Å². The number of carbonyl (C=O) groups excluding carboxylic acids is 1. The normalized spacial score (nSPS) is 11.0. The predicted molar refractivity (Wildman–Crippen MR) is 86.5 cm³/mol. The van der Waals surface area contributed by atoms with Crippen LogP contribution in [0.2, 0.25) is 0 Å². The summed E-state index contributed by atoms with van der Waals surface area (Å²) in [4.78, 5) is 15.7. The minimum absolute atomic E-state index is 0.0958. The van der Waals surface area contributed by atoms with E-state index in [9.17, 15) is 4.79 Å². The molecule has 0 aromatic carbocycles. The molecular formula is C15H29N5O. The second-order valence-electron chi connectivity index (χ2n) is 5.85. The van der Waals surface area contributed by atoms with E-state index in [1.807, 2.05) is 18.7 Å². The Morgan fingerprint density at radius 2 is 2.00 bits per heavy atom. The first-order chi connectivity index (χ1) is 9.77. The van der Waals surface area contributed by atoms with Gasteiger partial charge in [-0.3, -0.25) is 9.48 Å². The Morgan fingerprint density at radius 1 is 1.38 bits per heavy atom. The van der Waals surface area contributed by atoms with E-state index in [4.69, 9.17) is 0 Å². The third kappa shape index (κ3) is 4.46. The van der Waals surface area contributed by atoms with Gasteiger partial charge in [0.15, 0.2) is 0 Å². The van der Waals surface area contributed by atoms with Gasteiger partial charge in [-0.05, 0) is 13.8 Å². The number of rotatable bonds is 7. The van der Waals surface area contributed by atoms with Crippen LogP contribution in [-0.2, 0) is 18.4 Å². The first-order valence-electron chi connectivity index (χ1n) is 7.48. The highest BCUT2D eigenvalue weighted by molar-refractivity contribution is 5.81. The van der Waals surface area contributed by atoms with Crippen molar-refractivity contribution in [3.63, 3.8) is 0 Å². The van der Waals surface area contributed by atoms with Crippen molar-refractivity contribution in [1.29, 1.82) is 0 Å². The van der Waals surface area contributed by atoms with Crippen LogP contribution in [0.25, 0.3) is 0 Å². The van der Waals surface area contributed by atoms with Crippen LogP contribution in [0.3, 0.4) is 0 Å². The summed E-state index contributed by atoms with van der Waals surface area (Å²) in [6, 6.07) is 0.413. The monoisotopic (exact) mass is 295 g/mol. The molecule has 0 fully saturated rings. The highest BCUT2D eigenvalue weighted by Crippen LogP contribution is 2.23. The Hall–Kier alpha value is -1.56. The summed E-state index contributed by atoms with van der Waals surface area (Å²) in [5, 5.41) is 7.96. The number of carbonyl (C=O) groups is 1. The van der Waals surface area contributed by atoms with Crippen LogP contribution >= 0.6 is 0 Å². The maximum atomic E-state index is 12.0. The standard InChI is InChI=1S/C15H29N5O/c1-8-20(10-14(21)18(5)6)15-13(9-16-11(2)3)12(4)17-19(15)7/h11,16H,8-10H2,1-7H3. The van der Waals surface area contributed by atoms with Gasteiger partial charge in [-0.1, -0.05) is 13.8 Å². The summed E-state index contributed by atoms with van der Waals surface area (Å²) < 4.78 is 1.87. The molecule has 1 amide bonds. The molecule has 0 radical (unpaired) electrons. The van der Waals surface area contributed by atoms with Crippen LogP contribution in [-0.4, -0.2) is 53.8 Å². The number of nitrogens with one attached hydrogen (secondary N) is 1. The molecule has 0 spiro atoms. The summed E-state index contributed by atoms with van der Waals surface area (Å²) in [7, 11) is 5.50. The van der Waals surface area contributed by atoms with E-state index in [0.717, 1.165) is 24.6 Å². The number of hydrogen-bond acceptors (Lipinski definition) is 4. The maximum Gasteiger partial charge on any atom is 0.241 e. The molecule has 6 nitrogen and oxygen atoms in total. The molecule has 0 aliphatic rings. The second-order valence-corrected chi connectivity index (χ2v) is 5.85. The van der Waals surface area contributed by atoms with Crippen molar-refractivity contribution in [2.24, 2.45) is 7.05 Å². The minimum Gasteiger partial charge on any atom is -0.348 e. The van der Waals surface area contributed by atoms with Gasteiger partial charge in [0.25, 0.3) is 0 Å². The Bertz CT molecular complexity index is 479. The third-order valence-corrected chi connectivity index (χ3v) is 3.51. The predicted octanol–water partition coefficient (Wildman–Crippen LogP) is 1.14. The first-order valence-corrected chi connectivity index (χ1v) is 7.48. The zero-order chi connectivity index (χ0) is 16.2. The van der Waals surface area contributed by atoms with Gasteiger partial charge < -0.3 is 15.1 Å². The van der Waals surface area contributed by atoms with Gasteiger partial charge in [0.05, 0.1) is 12.2 Å². The highest BCUT2D eigenvalue weighted by Gasteiger charge is 2.21. The molecule has 21 heavy (non-hydrogen) atoms. The molecule has 1 rings (SSSR count). The number of aryl methyl sites for hydroxylation is 2. The van der Waals surface area contributed by atoms with E-state index in [1.54, 1.807) is 19.0 Å². The van der Waals surface area contributed by atoms with E-state index >= 15 is 0 Å². The Labute approximate surface area is 128 Å². The van der Waals surface area contributed by atoms with Gasteiger partial charge in [-0.25, -0.2) is 0 Å². The fourth-order valence-corrected chi connectivity index (χ4v) is 2.24. The van der Waals surface area contributed by atoms with Gasteiger partial charge in [0.1, 0.15) is 5.82 Å². The maximum absolute atomic E-state index is 12.0. The summed E-state index contributed by atoms with van der Waals surface area (Å²) >= 11 is 0. The van der Waals surface area contributed by atoms with Crippen LogP contribution in [0.15, 0.2) is 0 Å². The van der Waals surface area contributed by atoms with Crippen molar-refractivity contribution in [2.45, 2.75) is 40.3 Å². The molecule has 0 atom stereocenters. The highest BCUT2D eigenvalue weighted by atomic mass is 16.2. The van der Waals surface area contributed by atoms with Crippen molar-refractivity contribution in [3.05, 3.63) is 11.3 Å². The molecule has 0 saturated carbocycles. The van der Waals surface area contributed by atoms with Crippen molar-refractivity contribution >= 4 is 11.7 Å². The fourth-order valence-electron chi connectivity index (χ4n) is 2.24. The van der Waals surface area contributed by atoms with Crippen LogP contribution in [0, 0.1) is 6.92 Å². The fraction of sp³-hybridized carbons (Fsp3) is 0.733. The lowest BCUT2D eigenvalue weighted by Crippen LogP contribution is -2.38. The Balaban J connectivity index is 3.04. The molecule has 6 heteroatoms. The topological polar surface area (TPSA) is 53.4 Å². The van der Waals surface area contributed by atoms with E-state index in [1.165, 1.54) is 5.56 Å². The molecule has 0 aliphatic carbocycles. The average Bonchev–Trinajstić information content (AvgIpc) is 2.67. The Kier molecular flexibility index (Phi) is 6.20. The Morgan fingerprint density at radius 3 is 2.48 bits per heavy atom. The van der Waals surface area contributed by atoms with E-state index in [-0.39, 0.29) is 5.91 Å². The van der Waals surface area contributed by atoms with Crippen LogP contribution in [0.5, 0.6) is 0 Å². The quantitative estimate of drug-likeness (QED) is 0.819. The number of likely N-dealkylation sites (N-methyl/N-ethyl adjacent to an activating group) is 2. The van der Waals surface area contributed by atoms with Gasteiger partial charge in [-0.15, -0.1) is 0 Å². The van der Waals surface area contributed by atoms with Crippen molar-refractivity contribution in [3.8, 4) is 0 Å². The molecule has 1 N–H and O–H groups in total. The average molecular weight is 295 g/mol. The lowest BCUT2D eigenvalue weighted by molar-refractivity contribution is -0.127. The van der Waals surface area contributed by atoms with Gasteiger partial charge >= 0.3 is 0 Å². The van der Waals surface area contributed by atoms with Crippen LogP contribution in [0.1, 0.15) is 32.0 Å². The zero-order valence-corrected chi connectivity index (χ0v) is 14.4. The molecule has 0 bridgehead atoms. The lowest BCUT2D eigenvalue weighted by atomic mass is 10.2. The number of anilines is 1. The number of nitrogens with zero attached hydrogens (tertiary/aromatic N) is 4. The molecule has 0 unspecified atom stereocenters. The smallest absolute Gasteiger partial charge is 0.241 e. The lowest BCUT2D eigenvalue weighted by Gasteiger charge is -2.25. The molecule has 1 aromatic rings. The zero-order valence-electron chi connectivity index (χ0n) is 14.4. The molecule has 0 saturated heterocycles. The van der Waals surface area contributed by atoms with Crippen molar-refractivity contribution in [1.82, 2.24) is 20.0 Å². The van der Waals surface area contributed by atoms with Crippen molar-refractivity contribution in [2.75, 3.05) is 32.1 Å². The number of hydrogen-bond donors (Lipinski definition) is 1. The van der Waals surface area contributed by atoms with Gasteiger partial charge in [-0.2, -0.15) is 5.10 Å². The molecule has 1 aromatic heterocycles. The van der Waals surface area contributed by atoms with Gasteiger partial charge in [0.2, 0.25) is 5.91 Å². The molecular weight excluding hydrogens is 266 g/mol.